The number of fused-ring (bicyclic) bond motifs is 1. The van der Waals surface area contributed by atoms with Crippen molar-refractivity contribution >= 4 is 11.8 Å². The fraction of sp³-hybridized carbons (Fsp3) is 0.500. The Morgan fingerprint density at radius 3 is 2.55 bits per heavy atom. The number of carbonyl (C=O) groups is 1. The summed E-state index contributed by atoms with van der Waals surface area (Å²) < 4.78 is 5.61. The van der Waals surface area contributed by atoms with Gasteiger partial charge in [0.05, 0.1) is 6.04 Å². The van der Waals surface area contributed by atoms with Crippen molar-refractivity contribution in [3.63, 3.8) is 0 Å². The lowest BCUT2D eigenvalue weighted by molar-refractivity contribution is 0.0876. The van der Waals surface area contributed by atoms with Crippen LogP contribution in [0.1, 0.15) is 49.4 Å². The molecule has 2 aromatic rings. The lowest BCUT2D eigenvalue weighted by atomic mass is 9.86. The van der Waals surface area contributed by atoms with Gasteiger partial charge in [0.25, 0.3) is 0 Å². The molecule has 1 aliphatic heterocycles. The topological polar surface area (TPSA) is 36.0 Å². The van der Waals surface area contributed by atoms with Gasteiger partial charge in [0, 0.05) is 45.0 Å². The van der Waals surface area contributed by atoms with Crippen LogP contribution < -0.4 is 4.90 Å². The van der Waals surface area contributed by atoms with Crippen molar-refractivity contribution in [2.24, 2.45) is 0 Å². The lowest BCUT2D eigenvalue weighted by Gasteiger charge is -2.39. The lowest BCUT2D eigenvalue weighted by Crippen LogP contribution is -2.49. The first-order valence-electron chi connectivity index (χ1n) is 11.6. The number of rotatable bonds is 5. The van der Waals surface area contributed by atoms with E-state index in [-0.39, 0.29) is 12.1 Å². The van der Waals surface area contributed by atoms with E-state index in [1.54, 1.807) is 4.90 Å². The third kappa shape index (κ3) is 5.04. The first-order chi connectivity index (χ1) is 15.0. The van der Waals surface area contributed by atoms with E-state index < -0.39 is 0 Å². The predicted octanol–water partition coefficient (Wildman–Crippen LogP) is 4.86. The first-order valence-corrected chi connectivity index (χ1v) is 11.6. The number of ether oxygens (including phenoxy) is 1. The molecule has 1 atom stereocenters. The van der Waals surface area contributed by atoms with Crippen LogP contribution in [0.25, 0.3) is 0 Å². The Kier molecular flexibility index (Phi) is 6.81. The summed E-state index contributed by atoms with van der Waals surface area (Å²) in [5.74, 6) is 0. The van der Waals surface area contributed by atoms with Gasteiger partial charge in [-0.3, -0.25) is 4.90 Å². The SMILES string of the molecule is CC(C)N1CCN(c2ccc3c(c2)C(N(C)C(=O)OCc2ccccc2)CCC3)CC1. The Morgan fingerprint density at radius 1 is 1.10 bits per heavy atom. The van der Waals surface area contributed by atoms with Crippen LogP contribution in [0.3, 0.4) is 0 Å². The predicted molar refractivity (Wildman–Crippen MR) is 125 cm³/mol. The van der Waals surface area contributed by atoms with E-state index in [1.165, 1.54) is 16.8 Å². The highest BCUT2D eigenvalue weighted by Gasteiger charge is 2.29. The van der Waals surface area contributed by atoms with E-state index in [0.717, 1.165) is 51.0 Å². The van der Waals surface area contributed by atoms with Crippen molar-refractivity contribution in [2.45, 2.75) is 51.8 Å². The number of benzene rings is 2. The Balaban J connectivity index is 1.45. The van der Waals surface area contributed by atoms with Crippen molar-refractivity contribution < 1.29 is 9.53 Å². The van der Waals surface area contributed by atoms with Gasteiger partial charge in [0.15, 0.2) is 0 Å². The number of nitrogens with zero attached hydrogens (tertiary/aromatic N) is 3. The molecule has 0 N–H and O–H groups in total. The molecule has 1 amide bonds. The number of amides is 1. The van der Waals surface area contributed by atoms with Crippen molar-refractivity contribution in [2.75, 3.05) is 38.1 Å². The van der Waals surface area contributed by atoms with Gasteiger partial charge >= 0.3 is 6.09 Å². The molecule has 0 bridgehead atoms. The Morgan fingerprint density at radius 2 is 1.84 bits per heavy atom. The molecule has 31 heavy (non-hydrogen) atoms. The number of piperazine rings is 1. The number of hydrogen-bond donors (Lipinski definition) is 0. The molecule has 2 aliphatic rings. The second-order valence-electron chi connectivity index (χ2n) is 9.06. The van der Waals surface area contributed by atoms with Gasteiger partial charge in [0.2, 0.25) is 0 Å². The maximum Gasteiger partial charge on any atom is 0.410 e. The summed E-state index contributed by atoms with van der Waals surface area (Å²) in [6.07, 6.45) is 2.91. The van der Waals surface area contributed by atoms with Crippen LogP contribution in [-0.2, 0) is 17.8 Å². The van der Waals surface area contributed by atoms with Gasteiger partial charge in [-0.15, -0.1) is 0 Å². The Hall–Kier alpha value is -2.53. The third-order valence-electron chi connectivity index (χ3n) is 6.78. The summed E-state index contributed by atoms with van der Waals surface area (Å²) in [6.45, 7) is 9.16. The summed E-state index contributed by atoms with van der Waals surface area (Å²) in [5, 5.41) is 0. The van der Waals surface area contributed by atoms with Crippen LogP contribution >= 0.6 is 0 Å². The minimum absolute atomic E-state index is 0.0731. The minimum atomic E-state index is -0.252. The highest BCUT2D eigenvalue weighted by molar-refractivity contribution is 5.68. The second-order valence-corrected chi connectivity index (χ2v) is 9.06. The second kappa shape index (κ2) is 9.73. The average Bonchev–Trinajstić information content (AvgIpc) is 2.82. The minimum Gasteiger partial charge on any atom is -0.445 e. The van der Waals surface area contributed by atoms with Gasteiger partial charge in [-0.1, -0.05) is 36.4 Å². The average molecular weight is 422 g/mol. The maximum atomic E-state index is 12.8. The Bertz CT molecular complexity index is 875. The molecule has 0 aromatic heterocycles. The fourth-order valence-electron chi connectivity index (χ4n) is 4.81. The molecule has 4 rings (SSSR count). The van der Waals surface area contributed by atoms with E-state index in [1.807, 2.05) is 37.4 Å². The van der Waals surface area contributed by atoms with Crippen LogP contribution in [0.5, 0.6) is 0 Å². The summed E-state index contributed by atoms with van der Waals surface area (Å²) in [7, 11) is 1.88. The summed E-state index contributed by atoms with van der Waals surface area (Å²) in [6, 6.07) is 17.4. The number of hydrogen-bond acceptors (Lipinski definition) is 4. The summed E-state index contributed by atoms with van der Waals surface area (Å²) in [5.41, 5.74) is 4.94. The van der Waals surface area contributed by atoms with Crippen molar-refractivity contribution in [3.8, 4) is 0 Å². The zero-order valence-electron chi connectivity index (χ0n) is 19.1. The molecule has 0 spiro atoms. The van der Waals surface area contributed by atoms with Crippen LogP contribution in [0.4, 0.5) is 10.5 Å². The van der Waals surface area contributed by atoms with Crippen LogP contribution in [0.2, 0.25) is 0 Å². The van der Waals surface area contributed by atoms with Crippen LogP contribution in [-0.4, -0.2) is 55.2 Å². The molecule has 5 heteroatoms. The summed E-state index contributed by atoms with van der Waals surface area (Å²) >= 11 is 0. The normalized spacial score (nSPS) is 19.2. The Labute approximate surface area is 186 Å². The molecule has 2 aromatic carbocycles. The highest BCUT2D eigenvalue weighted by Crippen LogP contribution is 2.36. The number of carbonyl (C=O) groups excluding carboxylic acids is 1. The molecule has 1 fully saturated rings. The molecule has 5 nitrogen and oxygen atoms in total. The quantitative estimate of drug-likeness (QED) is 0.691. The standard InChI is InChI=1S/C26H35N3O2/c1-20(2)28-14-16-29(17-15-28)23-13-12-22-10-7-11-25(24(22)18-23)27(3)26(30)31-19-21-8-5-4-6-9-21/h4-6,8-9,12-13,18,20,25H,7,10-11,14-17,19H2,1-3H3. The van der Waals surface area contributed by atoms with Crippen molar-refractivity contribution in [1.82, 2.24) is 9.80 Å². The molecule has 1 aliphatic carbocycles. The zero-order chi connectivity index (χ0) is 21.8. The van der Waals surface area contributed by atoms with E-state index in [9.17, 15) is 4.79 Å². The van der Waals surface area contributed by atoms with Crippen molar-refractivity contribution in [3.05, 3.63) is 65.2 Å². The zero-order valence-corrected chi connectivity index (χ0v) is 19.1. The number of aryl methyl sites for hydroxylation is 1. The largest absolute Gasteiger partial charge is 0.445 e. The van der Waals surface area contributed by atoms with E-state index in [4.69, 9.17) is 4.74 Å². The smallest absolute Gasteiger partial charge is 0.410 e. The first kappa shape index (κ1) is 21.7. The maximum absolute atomic E-state index is 12.8. The van der Waals surface area contributed by atoms with Crippen LogP contribution in [0.15, 0.2) is 48.5 Å². The molecule has 1 unspecified atom stereocenters. The number of anilines is 1. The molecular formula is C26H35N3O2. The fourth-order valence-corrected chi connectivity index (χ4v) is 4.81. The van der Waals surface area contributed by atoms with Crippen molar-refractivity contribution in [1.29, 1.82) is 0 Å². The molecule has 166 valence electrons. The molecular weight excluding hydrogens is 386 g/mol. The van der Waals surface area contributed by atoms with Gasteiger partial charge < -0.3 is 14.5 Å². The van der Waals surface area contributed by atoms with Gasteiger partial charge in [-0.05, 0) is 61.9 Å². The monoisotopic (exact) mass is 421 g/mol. The molecule has 1 saturated heterocycles. The van der Waals surface area contributed by atoms with Crippen LogP contribution in [0, 0.1) is 0 Å². The van der Waals surface area contributed by atoms with Gasteiger partial charge in [-0.25, -0.2) is 4.79 Å². The molecule has 1 heterocycles. The van der Waals surface area contributed by atoms with Gasteiger partial charge in [0.1, 0.15) is 6.61 Å². The van der Waals surface area contributed by atoms with E-state index >= 15 is 0 Å². The molecule has 0 radical (unpaired) electrons. The third-order valence-corrected chi connectivity index (χ3v) is 6.78. The van der Waals surface area contributed by atoms with Gasteiger partial charge in [-0.2, -0.15) is 0 Å². The van der Waals surface area contributed by atoms with E-state index in [0.29, 0.717) is 12.6 Å². The highest BCUT2D eigenvalue weighted by atomic mass is 16.6. The van der Waals surface area contributed by atoms with E-state index in [2.05, 4.69) is 41.8 Å². The molecule has 0 saturated carbocycles. The summed E-state index contributed by atoms with van der Waals surface area (Å²) in [4.78, 5) is 19.6.